The first kappa shape index (κ1) is 16.8. The van der Waals surface area contributed by atoms with Gasteiger partial charge in [0.1, 0.15) is 11.5 Å². The van der Waals surface area contributed by atoms with Gasteiger partial charge in [-0.3, -0.25) is 9.78 Å². The van der Waals surface area contributed by atoms with Crippen molar-refractivity contribution in [2.24, 2.45) is 5.73 Å². The number of hydrogen-bond donors (Lipinski definition) is 1. The molecular formula is C19H20N2O4. The van der Waals surface area contributed by atoms with Crippen molar-refractivity contribution >= 4 is 11.4 Å². The van der Waals surface area contributed by atoms with Gasteiger partial charge in [0.15, 0.2) is 12.0 Å². The predicted molar refractivity (Wildman–Crippen MR) is 93.0 cm³/mol. The first-order chi connectivity index (χ1) is 12.1. The Hall–Kier alpha value is -3.02. The highest BCUT2D eigenvalue weighted by Crippen LogP contribution is 2.38. The Kier molecular flexibility index (Phi) is 4.88. The standard InChI is InChI=1S/C19H20N2O4/c1-3-23-14-8-13(9-15(10-14)24-4-2)16-17(22)18(25-19(16)20)12-6-5-7-21-11-12/h5-11,18H,3-4,20H2,1-2H3. The average Bonchev–Trinajstić information content (AvgIpc) is 2.90. The summed E-state index contributed by atoms with van der Waals surface area (Å²) < 4.78 is 16.8. The summed E-state index contributed by atoms with van der Waals surface area (Å²) in [4.78, 5) is 16.9. The number of rotatable bonds is 6. The van der Waals surface area contributed by atoms with Gasteiger partial charge in [-0.15, -0.1) is 0 Å². The molecule has 0 amide bonds. The second kappa shape index (κ2) is 7.25. The van der Waals surface area contributed by atoms with Crippen molar-refractivity contribution in [3.63, 3.8) is 0 Å². The molecular weight excluding hydrogens is 320 g/mol. The highest BCUT2D eigenvalue weighted by molar-refractivity contribution is 6.25. The molecule has 25 heavy (non-hydrogen) atoms. The lowest BCUT2D eigenvalue weighted by atomic mass is 9.97. The lowest BCUT2D eigenvalue weighted by Gasteiger charge is -2.11. The van der Waals surface area contributed by atoms with Crippen molar-refractivity contribution in [2.45, 2.75) is 20.0 Å². The predicted octanol–water partition coefficient (Wildman–Crippen LogP) is 2.85. The minimum Gasteiger partial charge on any atom is -0.494 e. The van der Waals surface area contributed by atoms with E-state index < -0.39 is 6.10 Å². The number of nitrogens with two attached hydrogens (primary N) is 1. The maximum atomic E-state index is 12.9. The lowest BCUT2D eigenvalue weighted by Crippen LogP contribution is -2.10. The quantitative estimate of drug-likeness (QED) is 0.870. The van der Waals surface area contributed by atoms with E-state index in [0.717, 1.165) is 0 Å². The number of ketones is 1. The lowest BCUT2D eigenvalue weighted by molar-refractivity contribution is -0.120. The van der Waals surface area contributed by atoms with Gasteiger partial charge in [0.25, 0.3) is 0 Å². The highest BCUT2D eigenvalue weighted by Gasteiger charge is 2.36. The van der Waals surface area contributed by atoms with Crippen LogP contribution in [0.3, 0.4) is 0 Å². The molecule has 1 unspecified atom stereocenters. The van der Waals surface area contributed by atoms with Crippen LogP contribution in [0, 0.1) is 0 Å². The van der Waals surface area contributed by atoms with Crippen molar-refractivity contribution in [3.05, 3.63) is 59.7 Å². The van der Waals surface area contributed by atoms with E-state index in [9.17, 15) is 4.79 Å². The van der Waals surface area contributed by atoms with Crippen molar-refractivity contribution in [1.82, 2.24) is 4.98 Å². The van der Waals surface area contributed by atoms with Gasteiger partial charge in [0, 0.05) is 24.0 Å². The molecule has 130 valence electrons. The molecule has 2 N–H and O–H groups in total. The number of aromatic nitrogens is 1. The molecule has 6 nitrogen and oxygen atoms in total. The molecule has 6 heteroatoms. The molecule has 0 saturated carbocycles. The molecule has 1 aliphatic heterocycles. The number of carbonyl (C=O) groups is 1. The van der Waals surface area contributed by atoms with Gasteiger partial charge in [-0.2, -0.15) is 0 Å². The molecule has 0 saturated heterocycles. The van der Waals surface area contributed by atoms with E-state index in [1.165, 1.54) is 0 Å². The van der Waals surface area contributed by atoms with E-state index in [1.54, 1.807) is 42.7 Å². The Morgan fingerprint density at radius 3 is 2.40 bits per heavy atom. The molecule has 1 aliphatic rings. The number of ether oxygens (including phenoxy) is 3. The summed E-state index contributed by atoms with van der Waals surface area (Å²) in [6, 6.07) is 8.85. The molecule has 1 aromatic carbocycles. The largest absolute Gasteiger partial charge is 0.494 e. The molecule has 1 aromatic heterocycles. The molecule has 1 atom stereocenters. The van der Waals surface area contributed by atoms with Crippen LogP contribution < -0.4 is 15.2 Å². The van der Waals surface area contributed by atoms with Crippen LogP contribution in [0.2, 0.25) is 0 Å². The Morgan fingerprint density at radius 2 is 1.84 bits per heavy atom. The van der Waals surface area contributed by atoms with Crippen LogP contribution in [0.4, 0.5) is 0 Å². The summed E-state index contributed by atoms with van der Waals surface area (Å²) >= 11 is 0. The number of carbonyl (C=O) groups excluding carboxylic acids is 1. The third-order valence-electron chi connectivity index (χ3n) is 3.75. The second-order valence-electron chi connectivity index (χ2n) is 5.45. The van der Waals surface area contributed by atoms with Crippen molar-refractivity contribution < 1.29 is 19.0 Å². The Balaban J connectivity index is 1.97. The van der Waals surface area contributed by atoms with Crippen molar-refractivity contribution in [1.29, 1.82) is 0 Å². The molecule has 0 radical (unpaired) electrons. The number of pyridine rings is 1. The van der Waals surface area contributed by atoms with Crippen molar-refractivity contribution in [3.8, 4) is 11.5 Å². The van der Waals surface area contributed by atoms with Gasteiger partial charge in [0.2, 0.25) is 5.78 Å². The van der Waals surface area contributed by atoms with Gasteiger partial charge < -0.3 is 19.9 Å². The monoisotopic (exact) mass is 340 g/mol. The minimum atomic E-state index is -0.782. The van der Waals surface area contributed by atoms with Gasteiger partial charge in [-0.25, -0.2) is 0 Å². The van der Waals surface area contributed by atoms with E-state index in [1.807, 2.05) is 13.8 Å². The van der Waals surface area contributed by atoms with Crippen LogP contribution in [0.5, 0.6) is 11.5 Å². The smallest absolute Gasteiger partial charge is 0.214 e. The fourth-order valence-corrected chi connectivity index (χ4v) is 2.74. The number of Topliss-reactive ketones (excluding diaryl/α,β-unsaturated/α-hetero) is 1. The molecule has 2 heterocycles. The van der Waals surface area contributed by atoms with Crippen LogP contribution in [0.1, 0.15) is 31.1 Å². The maximum Gasteiger partial charge on any atom is 0.214 e. The zero-order valence-electron chi connectivity index (χ0n) is 14.2. The zero-order valence-corrected chi connectivity index (χ0v) is 14.2. The molecule has 3 rings (SSSR count). The number of nitrogens with zero attached hydrogens (tertiary/aromatic N) is 1. The Labute approximate surface area is 146 Å². The van der Waals surface area contributed by atoms with E-state index in [4.69, 9.17) is 19.9 Å². The summed E-state index contributed by atoms with van der Waals surface area (Å²) in [6.07, 6.45) is 2.46. The van der Waals surface area contributed by atoms with Crippen molar-refractivity contribution in [2.75, 3.05) is 13.2 Å². The fourth-order valence-electron chi connectivity index (χ4n) is 2.74. The summed E-state index contributed by atoms with van der Waals surface area (Å²) in [6.45, 7) is 4.80. The molecule has 2 aromatic rings. The second-order valence-corrected chi connectivity index (χ2v) is 5.45. The summed E-state index contributed by atoms with van der Waals surface area (Å²) in [5, 5.41) is 0. The van der Waals surface area contributed by atoms with Gasteiger partial charge >= 0.3 is 0 Å². The average molecular weight is 340 g/mol. The first-order valence-corrected chi connectivity index (χ1v) is 8.15. The number of hydrogen-bond acceptors (Lipinski definition) is 6. The van der Waals surface area contributed by atoms with E-state index in [2.05, 4.69) is 4.98 Å². The van der Waals surface area contributed by atoms with Crippen LogP contribution in [0.15, 0.2) is 48.6 Å². The van der Waals surface area contributed by atoms with Crippen LogP contribution >= 0.6 is 0 Å². The van der Waals surface area contributed by atoms with Crippen LogP contribution in [-0.2, 0) is 9.53 Å². The van der Waals surface area contributed by atoms with Crippen LogP contribution in [0.25, 0.3) is 5.57 Å². The van der Waals surface area contributed by atoms with Crippen LogP contribution in [-0.4, -0.2) is 24.0 Å². The molecule has 0 aliphatic carbocycles. The first-order valence-electron chi connectivity index (χ1n) is 8.15. The third-order valence-corrected chi connectivity index (χ3v) is 3.75. The van der Waals surface area contributed by atoms with Gasteiger partial charge in [0.05, 0.1) is 18.8 Å². The maximum absolute atomic E-state index is 12.9. The fraction of sp³-hybridized carbons (Fsp3) is 0.263. The highest BCUT2D eigenvalue weighted by atomic mass is 16.5. The topological polar surface area (TPSA) is 83.7 Å². The molecule has 0 fully saturated rings. The molecule has 0 spiro atoms. The molecule has 0 bridgehead atoms. The summed E-state index contributed by atoms with van der Waals surface area (Å²) in [5.41, 5.74) is 7.62. The van der Waals surface area contributed by atoms with E-state index in [-0.39, 0.29) is 11.7 Å². The summed E-state index contributed by atoms with van der Waals surface area (Å²) in [5.74, 6) is 1.11. The van der Waals surface area contributed by atoms with E-state index in [0.29, 0.717) is 41.4 Å². The normalized spacial score (nSPS) is 16.7. The SMILES string of the molecule is CCOc1cc(OCC)cc(C2=C(N)OC(c3cccnc3)C2=O)c1. The number of benzene rings is 1. The van der Waals surface area contributed by atoms with Gasteiger partial charge in [-0.05, 0) is 37.6 Å². The Bertz CT molecular complexity index is 778. The third kappa shape index (κ3) is 3.42. The minimum absolute atomic E-state index is 0.0925. The van der Waals surface area contributed by atoms with E-state index >= 15 is 0 Å². The zero-order chi connectivity index (χ0) is 17.8. The Morgan fingerprint density at radius 1 is 1.16 bits per heavy atom. The summed E-state index contributed by atoms with van der Waals surface area (Å²) in [7, 11) is 0. The van der Waals surface area contributed by atoms with Gasteiger partial charge in [-0.1, -0.05) is 6.07 Å².